The Bertz CT molecular complexity index is 821. The molecule has 3 rings (SSSR count). The second-order valence-corrected chi connectivity index (χ2v) is 9.67. The molecule has 2 atom stereocenters. The lowest BCUT2D eigenvalue weighted by atomic mass is 9.75. The minimum Gasteiger partial charge on any atom is -0.381 e. The number of methoxy groups -OCH3 is 1. The van der Waals surface area contributed by atoms with Crippen molar-refractivity contribution in [3.8, 4) is 0 Å². The van der Waals surface area contributed by atoms with Gasteiger partial charge in [-0.2, -0.15) is 0 Å². The van der Waals surface area contributed by atoms with Crippen LogP contribution in [0.25, 0.3) is 0 Å². The molecule has 3 aliphatic rings. The van der Waals surface area contributed by atoms with E-state index in [1.54, 1.807) is 19.3 Å². The van der Waals surface area contributed by atoms with Gasteiger partial charge in [-0.1, -0.05) is 26.0 Å². The number of ether oxygens (including phenoxy) is 3. The smallest absolute Gasteiger partial charge is 0.181 e. The van der Waals surface area contributed by atoms with Gasteiger partial charge in [-0.3, -0.25) is 14.4 Å². The van der Waals surface area contributed by atoms with E-state index in [0.29, 0.717) is 31.6 Å². The lowest BCUT2D eigenvalue weighted by molar-refractivity contribution is -0.299. The summed E-state index contributed by atoms with van der Waals surface area (Å²) in [7, 11) is 1.58. The second-order valence-electron chi connectivity index (χ2n) is 9.67. The highest BCUT2D eigenvalue weighted by Gasteiger charge is 2.41. The number of carbonyl (C=O) groups is 3. The van der Waals surface area contributed by atoms with Crippen molar-refractivity contribution in [2.24, 2.45) is 10.8 Å². The maximum absolute atomic E-state index is 12.6. The van der Waals surface area contributed by atoms with Crippen LogP contribution in [0.15, 0.2) is 35.5 Å². The summed E-state index contributed by atoms with van der Waals surface area (Å²) >= 11 is 0. The molecule has 1 saturated heterocycles. The number of hydrogen-bond donors (Lipinski definition) is 0. The minimum atomic E-state index is -0.778. The monoisotopic (exact) mass is 416 g/mol. The van der Waals surface area contributed by atoms with Gasteiger partial charge in [-0.05, 0) is 38.0 Å². The van der Waals surface area contributed by atoms with Gasteiger partial charge in [0.1, 0.15) is 5.78 Å². The normalized spacial score (nSPS) is 28.0. The summed E-state index contributed by atoms with van der Waals surface area (Å²) in [5.74, 6) is -0.931. The van der Waals surface area contributed by atoms with Crippen molar-refractivity contribution < 1.29 is 28.6 Å². The number of allylic oxidation sites excluding steroid dienone is 6. The van der Waals surface area contributed by atoms with Crippen molar-refractivity contribution in [3.05, 3.63) is 35.5 Å². The molecule has 164 valence electrons. The van der Waals surface area contributed by atoms with Crippen LogP contribution in [0.3, 0.4) is 0 Å². The fourth-order valence-corrected chi connectivity index (χ4v) is 4.13. The van der Waals surface area contributed by atoms with Gasteiger partial charge in [0.05, 0.1) is 24.7 Å². The van der Waals surface area contributed by atoms with E-state index >= 15 is 0 Å². The predicted molar refractivity (Wildman–Crippen MR) is 112 cm³/mol. The van der Waals surface area contributed by atoms with E-state index in [4.69, 9.17) is 14.2 Å². The van der Waals surface area contributed by atoms with Gasteiger partial charge < -0.3 is 14.2 Å². The van der Waals surface area contributed by atoms with Crippen LogP contribution >= 0.6 is 0 Å². The number of ketones is 3. The average Bonchev–Trinajstić information content (AvgIpc) is 2.99. The SMILES string of the molecule is CO[C@@H](CC(=O)CCC1=C2C=CC(=O)[C@]2(C)C=CC1=O)CC1(C)OCC(C)(C)CO1. The molecule has 0 amide bonds. The van der Waals surface area contributed by atoms with Crippen molar-refractivity contribution in [2.45, 2.75) is 65.3 Å². The van der Waals surface area contributed by atoms with E-state index in [-0.39, 0.29) is 41.7 Å². The maximum Gasteiger partial charge on any atom is 0.181 e. The Hall–Kier alpha value is -1.89. The van der Waals surface area contributed by atoms with Gasteiger partial charge in [0.2, 0.25) is 0 Å². The Morgan fingerprint density at radius 3 is 2.40 bits per heavy atom. The third kappa shape index (κ3) is 4.71. The molecule has 2 aliphatic carbocycles. The number of hydrogen-bond acceptors (Lipinski definition) is 6. The van der Waals surface area contributed by atoms with Gasteiger partial charge in [-0.25, -0.2) is 0 Å². The number of rotatable bonds is 8. The fraction of sp³-hybridized carbons (Fsp3) is 0.625. The molecule has 1 heterocycles. The van der Waals surface area contributed by atoms with Crippen molar-refractivity contribution >= 4 is 17.3 Å². The molecule has 0 spiro atoms. The molecular formula is C24H32O6. The van der Waals surface area contributed by atoms with Gasteiger partial charge >= 0.3 is 0 Å². The summed E-state index contributed by atoms with van der Waals surface area (Å²) in [6.07, 6.45) is 7.21. The predicted octanol–water partition coefficient (Wildman–Crippen LogP) is 3.50. The average molecular weight is 417 g/mol. The molecule has 0 aromatic rings. The molecule has 0 bridgehead atoms. The molecular weight excluding hydrogens is 384 g/mol. The number of Topliss-reactive ketones (excluding diaryl/α,β-unsaturated/α-hetero) is 1. The van der Waals surface area contributed by atoms with Crippen LogP contribution in [0.2, 0.25) is 0 Å². The molecule has 0 saturated carbocycles. The first-order chi connectivity index (χ1) is 14.0. The van der Waals surface area contributed by atoms with E-state index in [1.807, 2.05) is 13.8 Å². The molecule has 1 aliphatic heterocycles. The molecule has 0 aromatic carbocycles. The van der Waals surface area contributed by atoms with Crippen LogP contribution in [0, 0.1) is 10.8 Å². The van der Waals surface area contributed by atoms with E-state index in [0.717, 1.165) is 5.57 Å². The summed E-state index contributed by atoms with van der Waals surface area (Å²) in [6.45, 7) is 9.03. The van der Waals surface area contributed by atoms with E-state index in [2.05, 4.69) is 13.8 Å². The van der Waals surface area contributed by atoms with Crippen LogP contribution < -0.4 is 0 Å². The van der Waals surface area contributed by atoms with E-state index in [1.165, 1.54) is 12.2 Å². The first-order valence-corrected chi connectivity index (χ1v) is 10.5. The zero-order valence-electron chi connectivity index (χ0n) is 18.6. The summed E-state index contributed by atoms with van der Waals surface area (Å²) in [6, 6.07) is 0. The summed E-state index contributed by atoms with van der Waals surface area (Å²) in [5, 5.41) is 0. The van der Waals surface area contributed by atoms with Crippen LogP contribution in [0.1, 0.15) is 53.4 Å². The molecule has 30 heavy (non-hydrogen) atoms. The Morgan fingerprint density at radius 2 is 1.77 bits per heavy atom. The molecule has 0 radical (unpaired) electrons. The lowest BCUT2D eigenvalue weighted by Gasteiger charge is -2.42. The zero-order valence-corrected chi connectivity index (χ0v) is 18.6. The van der Waals surface area contributed by atoms with Crippen molar-refractivity contribution in [2.75, 3.05) is 20.3 Å². The van der Waals surface area contributed by atoms with E-state index in [9.17, 15) is 14.4 Å². The zero-order chi connectivity index (χ0) is 22.2. The summed E-state index contributed by atoms with van der Waals surface area (Å²) < 4.78 is 17.4. The Morgan fingerprint density at radius 1 is 1.10 bits per heavy atom. The van der Waals surface area contributed by atoms with Crippen LogP contribution in [-0.2, 0) is 28.6 Å². The first kappa shape index (κ1) is 22.8. The largest absolute Gasteiger partial charge is 0.381 e. The maximum atomic E-state index is 12.6. The number of carbonyl (C=O) groups excluding carboxylic acids is 3. The summed E-state index contributed by atoms with van der Waals surface area (Å²) in [4.78, 5) is 37.2. The van der Waals surface area contributed by atoms with Crippen molar-refractivity contribution in [1.29, 1.82) is 0 Å². The van der Waals surface area contributed by atoms with E-state index < -0.39 is 11.2 Å². The Kier molecular flexibility index (Phi) is 6.33. The topological polar surface area (TPSA) is 78.9 Å². The van der Waals surface area contributed by atoms with Gasteiger partial charge in [-0.15, -0.1) is 0 Å². The molecule has 6 heteroatoms. The standard InChI is InChI=1S/C24H32O6/c1-22(2)14-29-24(4,30-15-22)13-17(28-5)12-16(25)6-7-18-19-8-9-21(27)23(19,3)11-10-20(18)26/h8-11,17H,6-7,12-15H2,1-5H3/t17-,23+/m0/s1. The van der Waals surface area contributed by atoms with Gasteiger partial charge in [0, 0.05) is 37.4 Å². The number of fused-ring (bicyclic) bond motifs is 1. The van der Waals surface area contributed by atoms with Crippen LogP contribution in [-0.4, -0.2) is 49.6 Å². The molecule has 0 aromatic heterocycles. The fourth-order valence-electron chi connectivity index (χ4n) is 4.13. The van der Waals surface area contributed by atoms with Crippen molar-refractivity contribution in [3.63, 3.8) is 0 Å². The third-order valence-electron chi connectivity index (χ3n) is 6.24. The molecule has 6 nitrogen and oxygen atoms in total. The summed E-state index contributed by atoms with van der Waals surface area (Å²) in [5.41, 5.74) is 0.463. The van der Waals surface area contributed by atoms with Crippen LogP contribution in [0.4, 0.5) is 0 Å². The molecule has 1 fully saturated rings. The highest BCUT2D eigenvalue weighted by molar-refractivity contribution is 6.13. The van der Waals surface area contributed by atoms with Gasteiger partial charge in [0.15, 0.2) is 17.4 Å². The second kappa shape index (κ2) is 8.33. The molecule has 0 unspecified atom stereocenters. The first-order valence-electron chi connectivity index (χ1n) is 10.5. The quantitative estimate of drug-likeness (QED) is 0.603. The molecule has 0 N–H and O–H groups in total. The third-order valence-corrected chi connectivity index (χ3v) is 6.24. The highest BCUT2D eigenvalue weighted by atomic mass is 16.7. The Balaban J connectivity index is 1.58. The van der Waals surface area contributed by atoms with Crippen molar-refractivity contribution in [1.82, 2.24) is 0 Å². The minimum absolute atomic E-state index is 0.00653. The Labute approximate surface area is 178 Å². The highest BCUT2D eigenvalue weighted by Crippen LogP contribution is 2.42. The van der Waals surface area contributed by atoms with Crippen LogP contribution in [0.5, 0.6) is 0 Å². The lowest BCUT2D eigenvalue weighted by Crippen LogP contribution is -2.47. The van der Waals surface area contributed by atoms with Gasteiger partial charge in [0.25, 0.3) is 0 Å².